The quantitative estimate of drug-likeness (QED) is 0.886. The van der Waals surface area contributed by atoms with E-state index >= 15 is 0 Å². The Bertz CT molecular complexity index is 575. The molecule has 19 heavy (non-hydrogen) atoms. The van der Waals surface area contributed by atoms with E-state index in [-0.39, 0.29) is 18.4 Å². The first-order chi connectivity index (χ1) is 9.10. The SMILES string of the molecule is NCC(Nc1cccc(Cl)c1)c1cc(Cl)ccc1F. The van der Waals surface area contributed by atoms with Crippen molar-refractivity contribution in [2.45, 2.75) is 6.04 Å². The van der Waals surface area contributed by atoms with Crippen LogP contribution in [0.2, 0.25) is 10.0 Å². The maximum Gasteiger partial charge on any atom is 0.128 e. The van der Waals surface area contributed by atoms with E-state index in [0.717, 1.165) is 5.69 Å². The van der Waals surface area contributed by atoms with Crippen LogP contribution < -0.4 is 11.1 Å². The summed E-state index contributed by atoms with van der Waals surface area (Å²) in [5, 5.41) is 4.22. The van der Waals surface area contributed by atoms with Crippen LogP contribution in [-0.2, 0) is 0 Å². The Morgan fingerprint density at radius 2 is 1.84 bits per heavy atom. The molecule has 0 bridgehead atoms. The maximum atomic E-state index is 13.8. The third kappa shape index (κ3) is 3.60. The first-order valence-electron chi connectivity index (χ1n) is 5.77. The van der Waals surface area contributed by atoms with Gasteiger partial charge in [-0.15, -0.1) is 0 Å². The van der Waals surface area contributed by atoms with Crippen LogP contribution in [0.25, 0.3) is 0 Å². The molecule has 0 spiro atoms. The normalized spacial score (nSPS) is 12.2. The molecule has 2 aromatic carbocycles. The second-order valence-electron chi connectivity index (χ2n) is 4.11. The molecule has 100 valence electrons. The molecular weight excluding hydrogens is 286 g/mol. The number of hydrogen-bond donors (Lipinski definition) is 2. The summed E-state index contributed by atoms with van der Waals surface area (Å²) in [6.45, 7) is 0.240. The highest BCUT2D eigenvalue weighted by molar-refractivity contribution is 6.31. The number of nitrogens with two attached hydrogens (primary N) is 1. The van der Waals surface area contributed by atoms with Gasteiger partial charge in [0.25, 0.3) is 0 Å². The van der Waals surface area contributed by atoms with Gasteiger partial charge in [-0.2, -0.15) is 0 Å². The Balaban J connectivity index is 2.27. The minimum absolute atomic E-state index is 0.240. The molecule has 0 aromatic heterocycles. The molecule has 2 aromatic rings. The molecule has 0 aliphatic carbocycles. The highest BCUT2D eigenvalue weighted by Gasteiger charge is 2.14. The van der Waals surface area contributed by atoms with Crippen molar-refractivity contribution in [1.82, 2.24) is 0 Å². The van der Waals surface area contributed by atoms with Gasteiger partial charge in [0, 0.05) is 27.8 Å². The number of hydrogen-bond acceptors (Lipinski definition) is 2. The van der Waals surface area contributed by atoms with Gasteiger partial charge in [-0.25, -0.2) is 4.39 Å². The van der Waals surface area contributed by atoms with Crippen molar-refractivity contribution >= 4 is 28.9 Å². The summed E-state index contributed by atoms with van der Waals surface area (Å²) in [6.07, 6.45) is 0. The first kappa shape index (κ1) is 14.1. The van der Waals surface area contributed by atoms with E-state index in [4.69, 9.17) is 28.9 Å². The Hall–Kier alpha value is -1.29. The lowest BCUT2D eigenvalue weighted by Crippen LogP contribution is -2.21. The topological polar surface area (TPSA) is 38.0 Å². The van der Waals surface area contributed by atoms with E-state index in [1.54, 1.807) is 18.2 Å². The Morgan fingerprint density at radius 3 is 2.53 bits per heavy atom. The van der Waals surface area contributed by atoms with Crippen LogP contribution in [0.5, 0.6) is 0 Å². The lowest BCUT2D eigenvalue weighted by atomic mass is 10.1. The molecule has 0 aliphatic rings. The van der Waals surface area contributed by atoms with E-state index in [2.05, 4.69) is 5.32 Å². The number of benzene rings is 2. The van der Waals surface area contributed by atoms with Crippen molar-refractivity contribution in [3.8, 4) is 0 Å². The first-order valence-corrected chi connectivity index (χ1v) is 6.53. The number of rotatable bonds is 4. The van der Waals surface area contributed by atoms with Gasteiger partial charge >= 0.3 is 0 Å². The molecular formula is C14H13Cl2FN2. The lowest BCUT2D eigenvalue weighted by Gasteiger charge is -2.19. The predicted octanol–water partition coefficient (Wildman–Crippen LogP) is 4.24. The zero-order chi connectivity index (χ0) is 13.8. The van der Waals surface area contributed by atoms with E-state index in [1.165, 1.54) is 12.1 Å². The van der Waals surface area contributed by atoms with Crippen molar-refractivity contribution in [3.05, 3.63) is 63.9 Å². The van der Waals surface area contributed by atoms with Gasteiger partial charge < -0.3 is 11.1 Å². The number of anilines is 1. The van der Waals surface area contributed by atoms with Gasteiger partial charge in [0.15, 0.2) is 0 Å². The fraction of sp³-hybridized carbons (Fsp3) is 0.143. The van der Waals surface area contributed by atoms with E-state index in [9.17, 15) is 4.39 Å². The molecule has 2 nitrogen and oxygen atoms in total. The standard InChI is InChI=1S/C14H13Cl2FN2/c15-9-2-1-3-11(6-9)19-14(8-18)12-7-10(16)4-5-13(12)17/h1-7,14,19H,8,18H2. The molecule has 0 saturated carbocycles. The summed E-state index contributed by atoms with van der Waals surface area (Å²) in [4.78, 5) is 0. The Morgan fingerprint density at radius 1 is 1.11 bits per heavy atom. The third-order valence-corrected chi connectivity index (χ3v) is 3.20. The predicted molar refractivity (Wildman–Crippen MR) is 78.3 cm³/mol. The maximum absolute atomic E-state index is 13.8. The largest absolute Gasteiger partial charge is 0.377 e. The van der Waals surface area contributed by atoms with Crippen LogP contribution in [-0.4, -0.2) is 6.54 Å². The monoisotopic (exact) mass is 298 g/mol. The van der Waals surface area contributed by atoms with Crippen LogP contribution in [0.3, 0.4) is 0 Å². The van der Waals surface area contributed by atoms with Gasteiger partial charge in [0.05, 0.1) is 6.04 Å². The third-order valence-electron chi connectivity index (χ3n) is 2.73. The average Bonchev–Trinajstić information content (AvgIpc) is 2.39. The van der Waals surface area contributed by atoms with Crippen LogP contribution in [0, 0.1) is 5.82 Å². The molecule has 3 N–H and O–H groups in total. The molecule has 0 amide bonds. The van der Waals surface area contributed by atoms with Crippen LogP contribution in [0.1, 0.15) is 11.6 Å². The zero-order valence-corrected chi connectivity index (χ0v) is 11.5. The van der Waals surface area contributed by atoms with Crippen LogP contribution in [0.15, 0.2) is 42.5 Å². The minimum Gasteiger partial charge on any atom is -0.377 e. The van der Waals surface area contributed by atoms with Gasteiger partial charge in [-0.1, -0.05) is 29.3 Å². The van der Waals surface area contributed by atoms with Crippen molar-refractivity contribution < 1.29 is 4.39 Å². The summed E-state index contributed by atoms with van der Waals surface area (Å²) >= 11 is 11.8. The van der Waals surface area contributed by atoms with E-state index in [1.807, 2.05) is 12.1 Å². The Kier molecular flexibility index (Phi) is 4.64. The molecule has 5 heteroatoms. The fourth-order valence-corrected chi connectivity index (χ4v) is 2.20. The highest BCUT2D eigenvalue weighted by atomic mass is 35.5. The summed E-state index contributed by atoms with van der Waals surface area (Å²) in [6, 6.07) is 11.2. The summed E-state index contributed by atoms with van der Waals surface area (Å²) < 4.78 is 13.8. The molecule has 0 saturated heterocycles. The average molecular weight is 299 g/mol. The van der Waals surface area contributed by atoms with Gasteiger partial charge in [0.2, 0.25) is 0 Å². The summed E-state index contributed by atoms with van der Waals surface area (Å²) in [5.74, 6) is -0.339. The van der Waals surface area contributed by atoms with Crippen LogP contribution in [0.4, 0.5) is 10.1 Å². The Labute approximate surface area is 121 Å². The number of nitrogens with one attached hydrogen (secondary N) is 1. The van der Waals surface area contributed by atoms with Gasteiger partial charge in [0.1, 0.15) is 5.82 Å². The molecule has 0 radical (unpaired) electrons. The van der Waals surface area contributed by atoms with Gasteiger partial charge in [-0.05, 0) is 36.4 Å². The highest BCUT2D eigenvalue weighted by Crippen LogP contribution is 2.25. The summed E-state index contributed by atoms with van der Waals surface area (Å²) in [5.41, 5.74) is 6.92. The summed E-state index contributed by atoms with van der Waals surface area (Å²) in [7, 11) is 0. The lowest BCUT2D eigenvalue weighted by molar-refractivity contribution is 0.593. The second kappa shape index (κ2) is 6.24. The van der Waals surface area contributed by atoms with Crippen molar-refractivity contribution in [1.29, 1.82) is 0 Å². The van der Waals surface area contributed by atoms with Gasteiger partial charge in [-0.3, -0.25) is 0 Å². The minimum atomic E-state index is -0.364. The fourth-order valence-electron chi connectivity index (χ4n) is 1.82. The molecule has 1 atom stereocenters. The van der Waals surface area contributed by atoms with Crippen LogP contribution >= 0.6 is 23.2 Å². The van der Waals surface area contributed by atoms with E-state index < -0.39 is 0 Å². The van der Waals surface area contributed by atoms with Crippen molar-refractivity contribution in [2.24, 2.45) is 5.73 Å². The van der Waals surface area contributed by atoms with Crippen molar-refractivity contribution in [3.63, 3.8) is 0 Å². The second-order valence-corrected chi connectivity index (χ2v) is 4.98. The zero-order valence-electron chi connectivity index (χ0n) is 10.0. The van der Waals surface area contributed by atoms with E-state index in [0.29, 0.717) is 15.6 Å². The molecule has 0 fully saturated rings. The molecule has 1 unspecified atom stereocenters. The molecule has 0 heterocycles. The van der Waals surface area contributed by atoms with Crippen molar-refractivity contribution in [2.75, 3.05) is 11.9 Å². The number of halogens is 3. The molecule has 0 aliphatic heterocycles. The smallest absolute Gasteiger partial charge is 0.128 e. The molecule has 2 rings (SSSR count).